The van der Waals surface area contributed by atoms with Crippen LogP contribution in [0, 0.1) is 12.7 Å². The van der Waals surface area contributed by atoms with E-state index in [9.17, 15) is 12.8 Å². The summed E-state index contributed by atoms with van der Waals surface area (Å²) < 4.78 is 40.4. The van der Waals surface area contributed by atoms with Gasteiger partial charge in [-0.15, -0.1) is 11.3 Å². The van der Waals surface area contributed by atoms with Gasteiger partial charge < -0.3 is 9.88 Å². The molecule has 0 aliphatic carbocycles. The molecule has 1 N–H and O–H groups in total. The number of nitrogens with zero attached hydrogens (tertiary/aromatic N) is 4. The Kier molecular flexibility index (Phi) is 5.60. The fourth-order valence-electron chi connectivity index (χ4n) is 3.14. The lowest BCUT2D eigenvalue weighted by Gasteiger charge is -2.33. The van der Waals surface area contributed by atoms with E-state index in [1.807, 2.05) is 5.38 Å². The zero-order valence-electron chi connectivity index (χ0n) is 15.6. The highest BCUT2D eigenvalue weighted by atomic mass is 35.5. The molecule has 0 spiro atoms. The van der Waals surface area contributed by atoms with Crippen LogP contribution in [-0.4, -0.2) is 53.9 Å². The zero-order valence-corrected chi connectivity index (χ0v) is 18.0. The van der Waals surface area contributed by atoms with Gasteiger partial charge in [-0.3, -0.25) is 0 Å². The number of hydrogen-bond acceptors (Lipinski definition) is 6. The Hall–Kier alpha value is -2.01. The highest BCUT2D eigenvalue weighted by molar-refractivity contribution is 7.89. The van der Waals surface area contributed by atoms with Gasteiger partial charge in [0.2, 0.25) is 5.16 Å². The first kappa shape index (κ1) is 20.3. The molecule has 4 rings (SSSR count). The van der Waals surface area contributed by atoms with E-state index in [2.05, 4.69) is 19.9 Å². The van der Waals surface area contributed by atoms with E-state index in [1.165, 1.54) is 27.9 Å². The molecule has 29 heavy (non-hydrogen) atoms. The molecule has 3 aromatic rings. The van der Waals surface area contributed by atoms with Gasteiger partial charge in [0.25, 0.3) is 10.0 Å². The average Bonchev–Trinajstić information content (AvgIpc) is 3.34. The lowest BCUT2D eigenvalue weighted by atomic mass is 10.1. The predicted molar refractivity (Wildman–Crippen MR) is 111 cm³/mol. The van der Waals surface area contributed by atoms with Crippen LogP contribution in [-0.2, 0) is 16.4 Å². The zero-order chi connectivity index (χ0) is 20.6. The number of halogens is 2. The molecule has 0 atom stereocenters. The molecule has 0 amide bonds. The van der Waals surface area contributed by atoms with Gasteiger partial charge in [-0.05, 0) is 24.6 Å². The molecule has 2 aromatic heterocycles. The molecule has 1 fully saturated rings. The maximum absolute atomic E-state index is 13.6. The summed E-state index contributed by atoms with van der Waals surface area (Å²) in [6.07, 6.45) is 2.02. The number of anilines is 1. The fraction of sp³-hybridized carbons (Fsp3) is 0.333. The van der Waals surface area contributed by atoms with E-state index in [1.54, 1.807) is 19.1 Å². The van der Waals surface area contributed by atoms with Gasteiger partial charge in [-0.1, -0.05) is 17.7 Å². The van der Waals surface area contributed by atoms with Crippen LogP contribution in [0.15, 0.2) is 34.9 Å². The van der Waals surface area contributed by atoms with Gasteiger partial charge in [-0.2, -0.15) is 4.31 Å². The molecule has 1 aliphatic rings. The first-order valence-electron chi connectivity index (χ1n) is 8.98. The first-order chi connectivity index (χ1) is 13.8. The van der Waals surface area contributed by atoms with E-state index in [0.717, 1.165) is 16.4 Å². The van der Waals surface area contributed by atoms with Crippen LogP contribution in [0.3, 0.4) is 0 Å². The van der Waals surface area contributed by atoms with Crippen molar-refractivity contribution in [3.63, 3.8) is 0 Å². The third-order valence-corrected chi connectivity index (χ3v) is 7.68. The minimum absolute atomic E-state index is 0.0184. The van der Waals surface area contributed by atoms with E-state index in [-0.39, 0.29) is 10.2 Å². The van der Waals surface area contributed by atoms with Gasteiger partial charge in [0.05, 0.1) is 10.7 Å². The Labute approximate surface area is 177 Å². The third-order valence-electron chi connectivity index (χ3n) is 4.68. The molecule has 1 aliphatic heterocycles. The summed E-state index contributed by atoms with van der Waals surface area (Å²) in [5.74, 6) is -0.441. The molecule has 1 saturated heterocycles. The van der Waals surface area contributed by atoms with Crippen molar-refractivity contribution in [1.82, 2.24) is 19.3 Å². The van der Waals surface area contributed by atoms with Gasteiger partial charge >= 0.3 is 0 Å². The van der Waals surface area contributed by atoms with Gasteiger partial charge in [0.1, 0.15) is 5.82 Å². The van der Waals surface area contributed by atoms with Crippen molar-refractivity contribution in [3.8, 4) is 0 Å². The standard InChI is InChI=1S/C18H19ClFN5O2S2/c1-12-10-21-17(22-12)29(26,27)25-6-4-24(5-7-25)18-23-14(11-28-18)8-13-2-3-15(19)16(20)9-13/h2-3,9-11H,4-8H2,1H3,(H,21,22). The Morgan fingerprint density at radius 3 is 2.69 bits per heavy atom. The number of imidazole rings is 1. The largest absolute Gasteiger partial charge is 0.345 e. The van der Waals surface area contributed by atoms with Crippen molar-refractivity contribution in [2.45, 2.75) is 18.5 Å². The number of sulfonamides is 1. The van der Waals surface area contributed by atoms with Crippen LogP contribution in [0.2, 0.25) is 5.02 Å². The molecule has 0 radical (unpaired) electrons. The summed E-state index contributed by atoms with van der Waals surface area (Å²) >= 11 is 7.23. The van der Waals surface area contributed by atoms with Gasteiger partial charge in [-0.25, -0.2) is 22.8 Å². The summed E-state index contributed by atoms with van der Waals surface area (Å²) in [6.45, 7) is 3.57. The minimum atomic E-state index is -3.61. The monoisotopic (exact) mass is 455 g/mol. The number of thiazole rings is 1. The van der Waals surface area contributed by atoms with E-state index in [0.29, 0.717) is 38.3 Å². The molecule has 7 nitrogen and oxygen atoms in total. The molecule has 0 unspecified atom stereocenters. The average molecular weight is 456 g/mol. The van der Waals surface area contributed by atoms with Crippen molar-refractivity contribution in [3.05, 3.63) is 57.6 Å². The van der Waals surface area contributed by atoms with E-state index < -0.39 is 15.8 Å². The lowest BCUT2D eigenvalue weighted by molar-refractivity contribution is 0.381. The van der Waals surface area contributed by atoms with Crippen molar-refractivity contribution >= 4 is 38.1 Å². The molecular formula is C18H19ClFN5O2S2. The maximum atomic E-state index is 13.6. The fourth-order valence-corrected chi connectivity index (χ4v) is 5.50. The van der Waals surface area contributed by atoms with Crippen LogP contribution in [0.4, 0.5) is 9.52 Å². The summed E-state index contributed by atoms with van der Waals surface area (Å²) in [5.41, 5.74) is 2.35. The summed E-state index contributed by atoms with van der Waals surface area (Å²) in [5, 5.41) is 2.86. The normalized spacial score (nSPS) is 15.8. The number of H-pyrrole nitrogens is 1. The molecule has 0 bridgehead atoms. The highest BCUT2D eigenvalue weighted by Gasteiger charge is 2.31. The quantitative estimate of drug-likeness (QED) is 0.639. The smallest absolute Gasteiger partial charge is 0.276 e. The lowest BCUT2D eigenvalue weighted by Crippen LogP contribution is -2.48. The summed E-state index contributed by atoms with van der Waals surface area (Å²) in [6, 6.07) is 4.74. The van der Waals surface area contributed by atoms with Crippen molar-refractivity contribution in [2.24, 2.45) is 0 Å². The number of aromatic amines is 1. The number of benzene rings is 1. The summed E-state index contributed by atoms with van der Waals surface area (Å²) in [4.78, 5) is 13.4. The second-order valence-electron chi connectivity index (χ2n) is 6.81. The number of piperazine rings is 1. The number of hydrogen-bond donors (Lipinski definition) is 1. The molecular weight excluding hydrogens is 437 g/mol. The topological polar surface area (TPSA) is 82.2 Å². The second kappa shape index (κ2) is 8.02. The van der Waals surface area contributed by atoms with E-state index >= 15 is 0 Å². The SMILES string of the molecule is Cc1cnc(S(=O)(=O)N2CCN(c3nc(Cc4ccc(Cl)c(F)c4)cs3)CC2)[nH]1. The minimum Gasteiger partial charge on any atom is -0.345 e. The van der Waals surface area contributed by atoms with Crippen LogP contribution < -0.4 is 4.90 Å². The predicted octanol–water partition coefficient (Wildman–Crippen LogP) is 3.07. The Morgan fingerprint density at radius 1 is 1.28 bits per heavy atom. The third kappa shape index (κ3) is 4.30. The summed E-state index contributed by atoms with van der Waals surface area (Å²) in [7, 11) is -3.61. The van der Waals surface area contributed by atoms with Crippen molar-refractivity contribution < 1.29 is 12.8 Å². The van der Waals surface area contributed by atoms with Crippen LogP contribution >= 0.6 is 22.9 Å². The maximum Gasteiger partial charge on any atom is 0.276 e. The first-order valence-corrected chi connectivity index (χ1v) is 11.7. The number of aryl methyl sites for hydroxylation is 1. The Balaban J connectivity index is 1.40. The van der Waals surface area contributed by atoms with Crippen LogP contribution in [0.25, 0.3) is 0 Å². The molecule has 0 saturated carbocycles. The van der Waals surface area contributed by atoms with Crippen molar-refractivity contribution in [2.75, 3.05) is 31.1 Å². The molecule has 3 heterocycles. The van der Waals surface area contributed by atoms with Gasteiger partial charge in [0.15, 0.2) is 5.13 Å². The number of nitrogens with one attached hydrogen (secondary N) is 1. The van der Waals surface area contributed by atoms with Gasteiger partial charge in [0, 0.05) is 49.9 Å². The Morgan fingerprint density at radius 2 is 2.03 bits per heavy atom. The highest BCUT2D eigenvalue weighted by Crippen LogP contribution is 2.25. The van der Waals surface area contributed by atoms with Crippen LogP contribution in [0.5, 0.6) is 0 Å². The number of aromatic nitrogens is 3. The molecule has 11 heteroatoms. The Bertz CT molecular complexity index is 1120. The van der Waals surface area contributed by atoms with Crippen LogP contribution in [0.1, 0.15) is 17.0 Å². The van der Waals surface area contributed by atoms with Crippen molar-refractivity contribution in [1.29, 1.82) is 0 Å². The molecule has 1 aromatic carbocycles. The molecule has 154 valence electrons. The second-order valence-corrected chi connectivity index (χ2v) is 9.91. The number of rotatable bonds is 5. The van der Waals surface area contributed by atoms with E-state index in [4.69, 9.17) is 11.6 Å².